The Bertz CT molecular complexity index is 930. The Kier molecular flexibility index (Phi) is 9.78. The zero-order chi connectivity index (χ0) is 26.5. The Hall–Kier alpha value is -2.15. The Morgan fingerprint density at radius 3 is 2.22 bits per heavy atom. The van der Waals surface area contributed by atoms with Gasteiger partial charge in [-0.15, -0.1) is 0 Å². The summed E-state index contributed by atoms with van der Waals surface area (Å²) in [6.45, 7) is 12.6. The van der Waals surface area contributed by atoms with Crippen LogP contribution in [-0.2, 0) is 19.1 Å². The van der Waals surface area contributed by atoms with Gasteiger partial charge in [-0.05, 0) is 42.1 Å². The van der Waals surface area contributed by atoms with Gasteiger partial charge in [-0.2, -0.15) is 0 Å². The van der Waals surface area contributed by atoms with Crippen molar-refractivity contribution < 1.29 is 24.2 Å². The van der Waals surface area contributed by atoms with Crippen LogP contribution >= 0.6 is 0 Å². The number of ether oxygens (including phenoxy) is 1. The summed E-state index contributed by atoms with van der Waals surface area (Å²) >= 11 is 0. The Balaban J connectivity index is 1.96. The molecule has 4 atom stereocenters. The second-order valence-electron chi connectivity index (χ2n) is 11.8. The Labute approximate surface area is 217 Å². The molecule has 0 aliphatic heterocycles. The van der Waals surface area contributed by atoms with Gasteiger partial charge in [0.25, 0.3) is 0 Å². The minimum atomic E-state index is -1.39. The van der Waals surface area contributed by atoms with Crippen LogP contribution in [0.2, 0.25) is 25.7 Å². The molecule has 3 aliphatic carbocycles. The fraction of sp³-hybridized carbons (Fsp3) is 0.690. The number of carbonyl (C=O) groups is 3. The molecule has 3 aliphatic rings. The summed E-state index contributed by atoms with van der Waals surface area (Å²) < 4.78 is 5.81. The minimum absolute atomic E-state index is 0.00957. The molecule has 6 nitrogen and oxygen atoms in total. The van der Waals surface area contributed by atoms with E-state index < -0.39 is 25.8 Å². The summed E-state index contributed by atoms with van der Waals surface area (Å²) in [5, 5.41) is 10.2. The molecule has 0 heterocycles. The molecule has 4 rings (SSSR count). The van der Waals surface area contributed by atoms with E-state index in [1.165, 1.54) is 0 Å². The predicted octanol–water partition coefficient (Wildman–Crippen LogP) is 5.87. The van der Waals surface area contributed by atoms with E-state index in [0.717, 1.165) is 50.1 Å². The number of esters is 1. The number of phenols is 1. The van der Waals surface area contributed by atoms with Crippen LogP contribution in [0, 0.1) is 11.8 Å². The van der Waals surface area contributed by atoms with Gasteiger partial charge in [-0.3, -0.25) is 14.4 Å². The molecule has 1 aromatic carbocycles. The summed E-state index contributed by atoms with van der Waals surface area (Å²) in [6, 6.07) is 5.91. The second-order valence-corrected chi connectivity index (χ2v) is 17.5. The summed E-state index contributed by atoms with van der Waals surface area (Å²) in [5.41, 5.74) is 1.61. The summed E-state index contributed by atoms with van der Waals surface area (Å²) in [5.74, 6) is -2.92. The van der Waals surface area contributed by atoms with Gasteiger partial charge >= 0.3 is 5.97 Å². The first-order valence-electron chi connectivity index (χ1n) is 13.9. The van der Waals surface area contributed by atoms with Gasteiger partial charge in [0.15, 0.2) is 0 Å². The number of Topliss-reactive ketones (excluding diaryl/α,β-unsaturated/α-hetero) is 1. The molecular weight excluding hydrogens is 470 g/mol. The number of amides is 1. The lowest BCUT2D eigenvalue weighted by Crippen LogP contribution is -2.54. The highest BCUT2D eigenvalue weighted by atomic mass is 28.3. The van der Waals surface area contributed by atoms with Crippen LogP contribution in [0.4, 0.5) is 0 Å². The van der Waals surface area contributed by atoms with Gasteiger partial charge in [0.05, 0.1) is 24.4 Å². The predicted molar refractivity (Wildman–Crippen MR) is 145 cm³/mol. The van der Waals surface area contributed by atoms with Crippen molar-refractivity contribution in [3.8, 4) is 5.75 Å². The number of nitrogens with zero attached hydrogens (tertiary/aromatic N) is 1. The van der Waals surface area contributed by atoms with Crippen LogP contribution in [0.3, 0.4) is 0 Å². The maximum Gasteiger partial charge on any atom is 0.310 e. The van der Waals surface area contributed by atoms with Crippen molar-refractivity contribution in [3.63, 3.8) is 0 Å². The Morgan fingerprint density at radius 2 is 1.64 bits per heavy atom. The van der Waals surface area contributed by atoms with Crippen LogP contribution in [0.5, 0.6) is 5.75 Å². The standard InChI is InChI=1S/C29H45NO5Si/c1-6-8-10-14-30(15-11-9-7-2)28(33)27-25-22-18-20(31)12-13-21(22)23(19-24(25)32)26(27)29(34)35-16-17-36(3,4)5/h12-13,18,23,25-27,31H,6-11,14-17,19H2,1-5H3/t23?,25-,26-,27-/m1/s1. The van der Waals surface area contributed by atoms with Gasteiger partial charge in [-0.25, -0.2) is 0 Å². The number of benzene rings is 1. The van der Waals surface area contributed by atoms with Crippen molar-refractivity contribution >= 4 is 25.7 Å². The first-order valence-corrected chi connectivity index (χ1v) is 17.6. The maximum atomic E-state index is 14.2. The Morgan fingerprint density at radius 1 is 1.00 bits per heavy atom. The normalized spacial score (nSPS) is 22.9. The number of phenolic OH excluding ortho intramolecular Hbond substituents is 1. The number of aromatic hydroxyl groups is 1. The lowest BCUT2D eigenvalue weighted by Gasteiger charge is -2.47. The van der Waals surface area contributed by atoms with Gasteiger partial charge in [0, 0.05) is 33.5 Å². The number of rotatable bonds is 13. The molecule has 1 aromatic rings. The fourth-order valence-electron chi connectivity index (χ4n) is 5.78. The van der Waals surface area contributed by atoms with Crippen molar-refractivity contribution in [1.29, 1.82) is 0 Å². The molecule has 2 bridgehead atoms. The lowest BCUT2D eigenvalue weighted by atomic mass is 9.55. The molecule has 1 fully saturated rings. The van der Waals surface area contributed by atoms with E-state index in [9.17, 15) is 19.5 Å². The largest absolute Gasteiger partial charge is 0.508 e. The zero-order valence-corrected chi connectivity index (χ0v) is 23.8. The molecule has 0 spiro atoms. The third-order valence-corrected chi connectivity index (χ3v) is 9.49. The topological polar surface area (TPSA) is 83.9 Å². The highest BCUT2D eigenvalue weighted by Gasteiger charge is 2.57. The fourth-order valence-corrected chi connectivity index (χ4v) is 6.49. The average molecular weight is 516 g/mol. The van der Waals surface area contributed by atoms with E-state index in [2.05, 4.69) is 33.5 Å². The second kappa shape index (κ2) is 12.4. The van der Waals surface area contributed by atoms with Crippen molar-refractivity contribution in [1.82, 2.24) is 4.90 Å². The van der Waals surface area contributed by atoms with Crippen LogP contribution in [0.25, 0.3) is 0 Å². The number of ketones is 1. The molecule has 1 unspecified atom stereocenters. The summed E-state index contributed by atoms with van der Waals surface area (Å²) in [7, 11) is -1.39. The molecular formula is C29H45NO5Si. The van der Waals surface area contributed by atoms with Gasteiger partial charge < -0.3 is 14.7 Å². The van der Waals surface area contributed by atoms with Crippen LogP contribution < -0.4 is 0 Å². The number of carbonyl (C=O) groups excluding carboxylic acids is 3. The monoisotopic (exact) mass is 515 g/mol. The van der Waals surface area contributed by atoms with E-state index in [1.54, 1.807) is 12.1 Å². The molecule has 0 radical (unpaired) electrons. The molecule has 36 heavy (non-hydrogen) atoms. The third-order valence-electron chi connectivity index (χ3n) is 7.78. The number of fused-ring (bicyclic) bond motifs is 2. The van der Waals surface area contributed by atoms with Gasteiger partial charge in [0.1, 0.15) is 11.5 Å². The van der Waals surface area contributed by atoms with Crippen molar-refractivity contribution in [2.24, 2.45) is 11.8 Å². The van der Waals surface area contributed by atoms with Crippen LogP contribution in [0.15, 0.2) is 18.2 Å². The molecule has 1 saturated carbocycles. The van der Waals surface area contributed by atoms with Crippen LogP contribution in [-0.4, -0.2) is 55.4 Å². The lowest BCUT2D eigenvalue weighted by molar-refractivity contribution is -0.161. The molecule has 1 amide bonds. The van der Waals surface area contributed by atoms with E-state index in [1.807, 2.05) is 11.0 Å². The molecule has 1 N–H and O–H groups in total. The van der Waals surface area contributed by atoms with E-state index in [4.69, 9.17) is 4.74 Å². The summed E-state index contributed by atoms with van der Waals surface area (Å²) in [6.07, 6.45) is 6.24. The molecule has 0 aromatic heterocycles. The maximum absolute atomic E-state index is 14.2. The SMILES string of the molecule is CCCCCN(CCCCC)C(=O)[C@H]1[C@H](C(=O)OCC[Si](C)(C)C)C2CC(=O)[C@H]1c1cc(O)ccc12. The van der Waals surface area contributed by atoms with Crippen molar-refractivity contribution in [3.05, 3.63) is 29.3 Å². The highest BCUT2D eigenvalue weighted by molar-refractivity contribution is 6.76. The quantitative estimate of drug-likeness (QED) is 0.202. The first-order chi connectivity index (χ1) is 17.1. The van der Waals surface area contributed by atoms with E-state index >= 15 is 0 Å². The summed E-state index contributed by atoms with van der Waals surface area (Å²) in [4.78, 5) is 43.0. The van der Waals surface area contributed by atoms with Crippen LogP contribution in [0.1, 0.15) is 81.8 Å². The van der Waals surface area contributed by atoms with Gasteiger partial charge in [0.2, 0.25) is 5.91 Å². The molecule has 7 heteroatoms. The number of unbranched alkanes of at least 4 members (excludes halogenated alkanes) is 4. The highest BCUT2D eigenvalue weighted by Crippen LogP contribution is 2.55. The van der Waals surface area contributed by atoms with E-state index in [0.29, 0.717) is 25.3 Å². The minimum Gasteiger partial charge on any atom is -0.508 e. The van der Waals surface area contributed by atoms with Crippen molar-refractivity contribution in [2.45, 2.75) is 96.3 Å². The zero-order valence-electron chi connectivity index (χ0n) is 22.8. The number of hydrogen-bond donors (Lipinski definition) is 1. The molecule has 0 saturated heterocycles. The molecule has 200 valence electrons. The average Bonchev–Trinajstić information content (AvgIpc) is 2.81. The van der Waals surface area contributed by atoms with Crippen molar-refractivity contribution in [2.75, 3.05) is 19.7 Å². The van der Waals surface area contributed by atoms with E-state index in [-0.39, 0.29) is 35.7 Å². The smallest absolute Gasteiger partial charge is 0.310 e. The first kappa shape index (κ1) is 28.4. The third kappa shape index (κ3) is 6.58. The van der Waals surface area contributed by atoms with Gasteiger partial charge in [-0.1, -0.05) is 65.2 Å². The number of hydrogen-bond acceptors (Lipinski definition) is 5.